The Kier molecular flexibility index (Phi) is 2.01. The van der Waals surface area contributed by atoms with E-state index in [1.807, 2.05) is 42.5 Å². The third kappa shape index (κ3) is 1.18. The average molecular weight is 227 g/mol. The van der Waals surface area contributed by atoms with Crippen LogP contribution < -0.4 is 4.72 Å². The molecule has 2 aromatic carbocycles. The maximum Gasteiger partial charge on any atom is 0.194 e. The second-order valence-electron chi connectivity index (χ2n) is 3.75. The van der Waals surface area contributed by atoms with Gasteiger partial charge in [0, 0.05) is 16.8 Å². The first-order valence-electron chi connectivity index (χ1n) is 4.99. The molecule has 78 valence electrons. The molecule has 0 radical (unpaired) electrons. The smallest absolute Gasteiger partial charge is 0.194 e. The normalized spacial score (nSPS) is 12.2. The van der Waals surface area contributed by atoms with Crippen molar-refractivity contribution in [3.05, 3.63) is 53.6 Å². The molecule has 3 heteroatoms. The first-order valence-corrected chi connectivity index (χ1v) is 5.44. The van der Waals surface area contributed by atoms with Gasteiger partial charge < -0.3 is 4.72 Å². The van der Waals surface area contributed by atoms with E-state index >= 15 is 0 Å². The zero-order valence-electron chi connectivity index (χ0n) is 8.40. The first kappa shape index (κ1) is 9.48. The lowest BCUT2D eigenvalue weighted by Crippen LogP contribution is -1.95. The Bertz CT molecular complexity index is 592. The molecule has 1 aliphatic rings. The number of anilines is 1. The van der Waals surface area contributed by atoms with Crippen molar-refractivity contribution >= 4 is 24.3 Å². The molecule has 16 heavy (non-hydrogen) atoms. The summed E-state index contributed by atoms with van der Waals surface area (Å²) in [5.74, 6) is 0.0935. The highest BCUT2D eigenvalue weighted by Crippen LogP contribution is 2.37. The van der Waals surface area contributed by atoms with Gasteiger partial charge in [0.25, 0.3) is 0 Å². The van der Waals surface area contributed by atoms with Crippen LogP contribution in [0.15, 0.2) is 42.5 Å². The fourth-order valence-corrected chi connectivity index (χ4v) is 2.24. The van der Waals surface area contributed by atoms with Gasteiger partial charge in [-0.1, -0.05) is 43.1 Å². The number of thiol groups is 1. The Morgan fingerprint density at radius 2 is 1.56 bits per heavy atom. The highest BCUT2D eigenvalue weighted by Gasteiger charge is 2.25. The van der Waals surface area contributed by atoms with Crippen molar-refractivity contribution in [3.63, 3.8) is 0 Å². The van der Waals surface area contributed by atoms with E-state index in [0.717, 1.165) is 27.9 Å². The topological polar surface area (TPSA) is 29.1 Å². The SMILES string of the molecule is O=C1c2ccccc2-c2ccc(NS)cc21. The van der Waals surface area contributed by atoms with Gasteiger partial charge in [-0.05, 0) is 23.3 Å². The Hall–Kier alpha value is -1.74. The third-order valence-corrected chi connectivity index (χ3v) is 3.11. The van der Waals surface area contributed by atoms with Crippen LogP contribution in [0.2, 0.25) is 0 Å². The van der Waals surface area contributed by atoms with E-state index in [0.29, 0.717) is 0 Å². The Balaban J connectivity index is 2.29. The van der Waals surface area contributed by atoms with Gasteiger partial charge in [0.05, 0.1) is 0 Å². The third-order valence-electron chi connectivity index (χ3n) is 2.86. The summed E-state index contributed by atoms with van der Waals surface area (Å²) in [6.45, 7) is 0. The molecule has 0 atom stereocenters. The summed E-state index contributed by atoms with van der Waals surface area (Å²) in [6, 6.07) is 13.4. The molecule has 0 aliphatic heterocycles. The molecule has 0 amide bonds. The molecule has 0 bridgehead atoms. The minimum atomic E-state index is 0.0935. The maximum absolute atomic E-state index is 12.1. The number of ketones is 1. The number of rotatable bonds is 1. The summed E-state index contributed by atoms with van der Waals surface area (Å²) in [5.41, 5.74) is 4.40. The lowest BCUT2D eigenvalue weighted by atomic mass is 10.1. The number of nitrogens with one attached hydrogen (secondary N) is 1. The Labute approximate surface area is 98.8 Å². The number of hydrogen-bond donors (Lipinski definition) is 2. The van der Waals surface area contributed by atoms with Crippen molar-refractivity contribution < 1.29 is 4.79 Å². The van der Waals surface area contributed by atoms with Crippen LogP contribution in [-0.4, -0.2) is 5.78 Å². The summed E-state index contributed by atoms with van der Waals surface area (Å²) in [4.78, 5) is 12.1. The fourth-order valence-electron chi connectivity index (χ4n) is 2.10. The van der Waals surface area contributed by atoms with E-state index in [1.54, 1.807) is 0 Å². The molecule has 0 aromatic heterocycles. The van der Waals surface area contributed by atoms with Crippen LogP contribution in [0.25, 0.3) is 11.1 Å². The number of carbonyl (C=O) groups is 1. The van der Waals surface area contributed by atoms with Gasteiger partial charge in [0.1, 0.15) is 0 Å². The molecule has 2 nitrogen and oxygen atoms in total. The lowest BCUT2D eigenvalue weighted by molar-refractivity contribution is 0.104. The van der Waals surface area contributed by atoms with Crippen LogP contribution in [0, 0.1) is 0 Å². The van der Waals surface area contributed by atoms with Gasteiger partial charge in [0.2, 0.25) is 0 Å². The van der Waals surface area contributed by atoms with Gasteiger partial charge in [-0.2, -0.15) is 0 Å². The minimum Gasteiger partial charge on any atom is -0.332 e. The summed E-state index contributed by atoms with van der Waals surface area (Å²) >= 11 is 3.98. The number of hydrogen-bond acceptors (Lipinski definition) is 3. The highest BCUT2D eigenvalue weighted by molar-refractivity contribution is 7.81. The van der Waals surface area contributed by atoms with Crippen LogP contribution >= 0.6 is 12.8 Å². The monoisotopic (exact) mass is 227 g/mol. The second kappa shape index (κ2) is 3.39. The summed E-state index contributed by atoms with van der Waals surface area (Å²) in [7, 11) is 0. The van der Waals surface area contributed by atoms with Gasteiger partial charge in [-0.25, -0.2) is 0 Å². The number of carbonyl (C=O) groups excluding carboxylic acids is 1. The van der Waals surface area contributed by atoms with Gasteiger partial charge in [-0.3, -0.25) is 4.79 Å². The molecular weight excluding hydrogens is 218 g/mol. The van der Waals surface area contributed by atoms with Gasteiger partial charge in [0.15, 0.2) is 5.78 Å². The predicted molar refractivity (Wildman–Crippen MR) is 67.9 cm³/mol. The Morgan fingerprint density at radius 1 is 0.875 bits per heavy atom. The Morgan fingerprint density at radius 3 is 2.31 bits per heavy atom. The molecular formula is C13H9NOS. The predicted octanol–water partition coefficient (Wildman–Crippen LogP) is 3.15. The molecule has 1 aliphatic carbocycles. The van der Waals surface area contributed by atoms with Crippen molar-refractivity contribution in [2.45, 2.75) is 0 Å². The molecule has 0 saturated heterocycles. The highest BCUT2D eigenvalue weighted by atomic mass is 32.1. The summed E-state index contributed by atoms with van der Waals surface area (Å²) in [6.07, 6.45) is 0. The average Bonchev–Trinajstić information content (AvgIpc) is 2.64. The van der Waals surface area contributed by atoms with E-state index in [-0.39, 0.29) is 5.78 Å². The molecule has 1 N–H and O–H groups in total. The van der Waals surface area contributed by atoms with E-state index in [2.05, 4.69) is 17.5 Å². The minimum absolute atomic E-state index is 0.0935. The van der Waals surface area contributed by atoms with Crippen molar-refractivity contribution in [2.24, 2.45) is 0 Å². The van der Waals surface area contributed by atoms with Gasteiger partial charge in [-0.15, -0.1) is 0 Å². The molecule has 0 fully saturated rings. The maximum atomic E-state index is 12.1. The standard InChI is InChI=1S/C13H9NOS/c15-13-11-4-2-1-3-9(11)10-6-5-8(14-16)7-12(10)13/h1-7,14,16H. The molecule has 2 aromatic rings. The number of fused-ring (bicyclic) bond motifs is 3. The van der Waals surface area contributed by atoms with E-state index in [9.17, 15) is 4.79 Å². The van der Waals surface area contributed by atoms with Crippen molar-refractivity contribution in [1.29, 1.82) is 0 Å². The lowest BCUT2D eigenvalue weighted by Gasteiger charge is -2.02. The van der Waals surface area contributed by atoms with Crippen LogP contribution in [0.3, 0.4) is 0 Å². The fraction of sp³-hybridized carbons (Fsp3) is 0. The van der Waals surface area contributed by atoms with Crippen molar-refractivity contribution in [2.75, 3.05) is 4.72 Å². The van der Waals surface area contributed by atoms with Crippen molar-refractivity contribution in [3.8, 4) is 11.1 Å². The molecule has 0 spiro atoms. The summed E-state index contributed by atoms with van der Waals surface area (Å²) in [5, 5.41) is 0. The summed E-state index contributed by atoms with van der Waals surface area (Å²) < 4.78 is 2.75. The van der Waals surface area contributed by atoms with Crippen molar-refractivity contribution in [1.82, 2.24) is 0 Å². The van der Waals surface area contributed by atoms with Gasteiger partial charge >= 0.3 is 0 Å². The number of benzene rings is 2. The van der Waals surface area contributed by atoms with E-state index < -0.39 is 0 Å². The van der Waals surface area contributed by atoms with Crippen LogP contribution in [0.5, 0.6) is 0 Å². The first-order chi connectivity index (χ1) is 7.81. The van der Waals surface area contributed by atoms with E-state index in [4.69, 9.17) is 0 Å². The quantitative estimate of drug-likeness (QED) is 0.625. The molecule has 0 saturated carbocycles. The zero-order valence-corrected chi connectivity index (χ0v) is 9.29. The van der Waals surface area contributed by atoms with E-state index in [1.165, 1.54) is 0 Å². The van der Waals surface area contributed by atoms with Crippen LogP contribution in [-0.2, 0) is 0 Å². The largest absolute Gasteiger partial charge is 0.332 e. The van der Waals surface area contributed by atoms with Crippen LogP contribution in [0.1, 0.15) is 15.9 Å². The molecule has 3 rings (SSSR count). The second-order valence-corrected chi connectivity index (χ2v) is 3.97. The zero-order chi connectivity index (χ0) is 11.1. The molecule has 0 unspecified atom stereocenters. The van der Waals surface area contributed by atoms with Crippen LogP contribution in [0.4, 0.5) is 5.69 Å². The molecule has 0 heterocycles.